The topological polar surface area (TPSA) is 55.3 Å². The fraction of sp³-hybridized carbons (Fsp3) is 0.267. The van der Waals surface area contributed by atoms with Crippen LogP contribution in [0.4, 0.5) is 5.69 Å². The van der Waals surface area contributed by atoms with Crippen LogP contribution in [0.25, 0.3) is 0 Å². The smallest absolute Gasteiger partial charge is 0.316 e. The van der Waals surface area contributed by atoms with Crippen molar-refractivity contribution in [2.45, 2.75) is 12.8 Å². The summed E-state index contributed by atoms with van der Waals surface area (Å²) in [5, 5.41) is 0. The first kappa shape index (κ1) is 14.0. The monoisotopic (exact) mass is 271 g/mol. The van der Waals surface area contributed by atoms with Crippen LogP contribution in [0.5, 0.6) is 6.01 Å². The molecule has 0 fully saturated rings. The van der Waals surface area contributed by atoms with E-state index in [1.807, 2.05) is 30.3 Å². The molecule has 2 aromatic rings. The number of hydrogen-bond acceptors (Lipinski definition) is 4. The highest BCUT2D eigenvalue weighted by atomic mass is 16.5. The van der Waals surface area contributed by atoms with Crippen LogP contribution in [0.3, 0.4) is 0 Å². The molecule has 1 amide bonds. The zero-order valence-electron chi connectivity index (χ0n) is 11.6. The van der Waals surface area contributed by atoms with Crippen molar-refractivity contribution in [1.29, 1.82) is 0 Å². The summed E-state index contributed by atoms with van der Waals surface area (Å²) in [7, 11) is 3.30. The molecule has 0 N–H and O–H groups in total. The van der Waals surface area contributed by atoms with Crippen molar-refractivity contribution >= 4 is 11.6 Å². The second kappa shape index (κ2) is 6.65. The van der Waals surface area contributed by atoms with Gasteiger partial charge < -0.3 is 9.64 Å². The minimum Gasteiger partial charge on any atom is -0.467 e. The lowest BCUT2D eigenvalue weighted by molar-refractivity contribution is -0.118. The maximum atomic E-state index is 12.1. The quantitative estimate of drug-likeness (QED) is 0.835. The van der Waals surface area contributed by atoms with E-state index < -0.39 is 0 Å². The van der Waals surface area contributed by atoms with E-state index in [0.29, 0.717) is 18.9 Å². The summed E-state index contributed by atoms with van der Waals surface area (Å²) in [4.78, 5) is 21.8. The Bertz CT molecular complexity index is 555. The molecule has 0 aliphatic carbocycles. The maximum Gasteiger partial charge on any atom is 0.316 e. The average molecular weight is 271 g/mol. The Hall–Kier alpha value is -2.43. The summed E-state index contributed by atoms with van der Waals surface area (Å²) in [6, 6.07) is 9.91. The zero-order valence-corrected chi connectivity index (χ0v) is 11.6. The van der Waals surface area contributed by atoms with Crippen molar-refractivity contribution in [2.75, 3.05) is 19.1 Å². The van der Waals surface area contributed by atoms with Gasteiger partial charge in [0.25, 0.3) is 0 Å². The lowest BCUT2D eigenvalue weighted by Crippen LogP contribution is -2.26. The van der Waals surface area contributed by atoms with Crippen LogP contribution in [0.1, 0.15) is 12.0 Å². The number of aryl methyl sites for hydroxylation is 1. The van der Waals surface area contributed by atoms with E-state index in [9.17, 15) is 4.79 Å². The number of ether oxygens (including phenoxy) is 1. The van der Waals surface area contributed by atoms with Crippen molar-refractivity contribution in [1.82, 2.24) is 9.97 Å². The molecule has 0 atom stereocenters. The minimum absolute atomic E-state index is 0.0621. The SMILES string of the molecule is COc1ncc(CCC(=O)N(C)c2ccccc2)cn1. The summed E-state index contributed by atoms with van der Waals surface area (Å²) in [5.41, 5.74) is 1.81. The van der Waals surface area contributed by atoms with E-state index in [2.05, 4.69) is 9.97 Å². The molecule has 0 saturated heterocycles. The van der Waals surface area contributed by atoms with E-state index in [-0.39, 0.29) is 5.91 Å². The summed E-state index contributed by atoms with van der Waals surface area (Å²) < 4.78 is 4.89. The molecule has 20 heavy (non-hydrogen) atoms. The molecule has 0 radical (unpaired) electrons. The largest absolute Gasteiger partial charge is 0.467 e. The normalized spacial score (nSPS) is 10.1. The van der Waals surface area contributed by atoms with Crippen LogP contribution < -0.4 is 9.64 Å². The van der Waals surface area contributed by atoms with Gasteiger partial charge in [-0.1, -0.05) is 18.2 Å². The minimum atomic E-state index is 0.0621. The van der Waals surface area contributed by atoms with E-state index in [4.69, 9.17) is 4.74 Å². The number of amides is 1. The Morgan fingerprint density at radius 1 is 1.20 bits per heavy atom. The Morgan fingerprint density at radius 3 is 2.45 bits per heavy atom. The predicted octanol–water partition coefficient (Wildman–Crippen LogP) is 2.08. The van der Waals surface area contributed by atoms with Crippen molar-refractivity contribution in [3.8, 4) is 6.01 Å². The predicted molar refractivity (Wildman–Crippen MR) is 76.8 cm³/mol. The fourth-order valence-corrected chi connectivity index (χ4v) is 1.79. The molecule has 5 nitrogen and oxygen atoms in total. The van der Waals surface area contributed by atoms with Gasteiger partial charge in [0, 0.05) is 31.5 Å². The van der Waals surface area contributed by atoms with E-state index in [1.54, 1.807) is 24.3 Å². The molecule has 0 bridgehead atoms. The van der Waals surface area contributed by atoms with Crippen LogP contribution in [0, 0.1) is 0 Å². The highest BCUT2D eigenvalue weighted by Gasteiger charge is 2.10. The summed E-state index contributed by atoms with van der Waals surface area (Å²) in [6.07, 6.45) is 4.39. The molecule has 0 aliphatic rings. The van der Waals surface area contributed by atoms with Crippen LogP contribution in [-0.4, -0.2) is 30.0 Å². The molecule has 0 spiro atoms. The fourth-order valence-electron chi connectivity index (χ4n) is 1.79. The molecule has 104 valence electrons. The van der Waals surface area contributed by atoms with E-state index >= 15 is 0 Å². The molecule has 1 aromatic carbocycles. The number of rotatable bonds is 5. The standard InChI is InChI=1S/C15H17N3O2/c1-18(13-6-4-3-5-7-13)14(19)9-8-12-10-16-15(20-2)17-11-12/h3-7,10-11H,8-9H2,1-2H3. The van der Waals surface area contributed by atoms with E-state index in [0.717, 1.165) is 11.3 Å². The Morgan fingerprint density at radius 2 is 1.85 bits per heavy atom. The number of hydrogen-bond donors (Lipinski definition) is 0. The number of para-hydroxylation sites is 1. The molecule has 1 aromatic heterocycles. The second-order valence-electron chi connectivity index (χ2n) is 4.37. The first-order valence-electron chi connectivity index (χ1n) is 6.37. The lowest BCUT2D eigenvalue weighted by atomic mass is 10.1. The summed E-state index contributed by atoms with van der Waals surface area (Å²) in [5.74, 6) is 0.0621. The Balaban J connectivity index is 1.91. The van der Waals surface area contributed by atoms with Crippen LogP contribution >= 0.6 is 0 Å². The van der Waals surface area contributed by atoms with Gasteiger partial charge in [0.1, 0.15) is 0 Å². The van der Waals surface area contributed by atoms with Gasteiger partial charge >= 0.3 is 6.01 Å². The zero-order chi connectivity index (χ0) is 14.4. The van der Waals surface area contributed by atoms with Gasteiger partial charge in [0.2, 0.25) is 5.91 Å². The van der Waals surface area contributed by atoms with Crippen LogP contribution in [0.2, 0.25) is 0 Å². The van der Waals surface area contributed by atoms with Gasteiger partial charge in [-0.15, -0.1) is 0 Å². The van der Waals surface area contributed by atoms with Crippen LogP contribution in [-0.2, 0) is 11.2 Å². The lowest BCUT2D eigenvalue weighted by Gasteiger charge is -2.17. The first-order valence-corrected chi connectivity index (χ1v) is 6.37. The van der Waals surface area contributed by atoms with Gasteiger partial charge in [-0.3, -0.25) is 4.79 Å². The highest BCUT2D eigenvalue weighted by Crippen LogP contribution is 2.13. The highest BCUT2D eigenvalue weighted by molar-refractivity contribution is 5.92. The van der Waals surface area contributed by atoms with Gasteiger partial charge in [0.15, 0.2) is 0 Å². The van der Waals surface area contributed by atoms with Gasteiger partial charge in [-0.25, -0.2) is 9.97 Å². The Labute approximate surface area is 118 Å². The molecule has 0 saturated carbocycles. The average Bonchev–Trinajstić information content (AvgIpc) is 2.53. The molecule has 0 unspecified atom stereocenters. The second-order valence-corrected chi connectivity index (χ2v) is 4.37. The van der Waals surface area contributed by atoms with Gasteiger partial charge in [-0.05, 0) is 24.1 Å². The Kier molecular flexibility index (Phi) is 4.65. The van der Waals surface area contributed by atoms with Crippen molar-refractivity contribution in [2.24, 2.45) is 0 Å². The number of anilines is 1. The molecule has 2 rings (SSSR count). The number of benzene rings is 1. The first-order chi connectivity index (χ1) is 9.70. The van der Waals surface area contributed by atoms with Crippen molar-refractivity contribution < 1.29 is 9.53 Å². The number of aromatic nitrogens is 2. The number of methoxy groups -OCH3 is 1. The summed E-state index contributed by atoms with van der Waals surface area (Å²) in [6.45, 7) is 0. The number of carbonyl (C=O) groups is 1. The third-order valence-electron chi connectivity index (χ3n) is 3.01. The van der Waals surface area contributed by atoms with Gasteiger partial charge in [-0.2, -0.15) is 0 Å². The summed E-state index contributed by atoms with van der Waals surface area (Å²) >= 11 is 0. The molecule has 1 heterocycles. The number of carbonyl (C=O) groups excluding carboxylic acids is 1. The molecular formula is C15H17N3O2. The van der Waals surface area contributed by atoms with Gasteiger partial charge in [0.05, 0.1) is 7.11 Å². The molecular weight excluding hydrogens is 254 g/mol. The molecule has 5 heteroatoms. The van der Waals surface area contributed by atoms with Crippen LogP contribution in [0.15, 0.2) is 42.7 Å². The third-order valence-corrected chi connectivity index (χ3v) is 3.01. The third kappa shape index (κ3) is 3.54. The maximum absolute atomic E-state index is 12.1. The van der Waals surface area contributed by atoms with Crippen molar-refractivity contribution in [3.63, 3.8) is 0 Å². The number of nitrogens with zero attached hydrogens (tertiary/aromatic N) is 3. The van der Waals surface area contributed by atoms with Crippen molar-refractivity contribution in [3.05, 3.63) is 48.3 Å². The molecule has 0 aliphatic heterocycles. The van der Waals surface area contributed by atoms with E-state index in [1.165, 1.54) is 7.11 Å².